The van der Waals surface area contributed by atoms with Crippen LogP contribution in [0.5, 0.6) is 34.5 Å². The number of phenols is 2. The Labute approximate surface area is 672 Å². The number of ether oxygens (including phenoxy) is 5. The van der Waals surface area contributed by atoms with Gasteiger partial charge in [0.05, 0.1) is 6.61 Å². The molecule has 3 atom stereocenters. The lowest BCUT2D eigenvalue weighted by Gasteiger charge is -2.14. The summed E-state index contributed by atoms with van der Waals surface area (Å²) in [4.78, 5) is 78.9. The Kier molecular flexibility index (Phi) is 31.4. The van der Waals surface area contributed by atoms with Gasteiger partial charge in [-0.3, -0.25) is 4.79 Å². The number of benzene rings is 9. The van der Waals surface area contributed by atoms with Crippen LogP contribution in [0.2, 0.25) is 0 Å². The van der Waals surface area contributed by atoms with E-state index in [1.54, 1.807) is 61.5 Å². The van der Waals surface area contributed by atoms with E-state index in [1.807, 2.05) is 54.6 Å². The van der Waals surface area contributed by atoms with Gasteiger partial charge in [-0.2, -0.15) is 0 Å². The maximum atomic E-state index is 15.4. The molecule has 0 amide bonds. The van der Waals surface area contributed by atoms with E-state index in [0.29, 0.717) is 55.6 Å². The van der Waals surface area contributed by atoms with E-state index in [-0.39, 0.29) is 100 Å². The van der Waals surface area contributed by atoms with Crippen LogP contribution in [-0.4, -0.2) is 86.4 Å². The number of carbonyl (C=O) groups is 7. The minimum Gasteiger partial charge on any atom is -0.504 e. The van der Waals surface area contributed by atoms with Crippen LogP contribution in [0.1, 0.15) is 106 Å². The number of rotatable bonds is 21. The van der Waals surface area contributed by atoms with Crippen molar-refractivity contribution in [1.29, 1.82) is 0 Å². The van der Waals surface area contributed by atoms with Crippen molar-refractivity contribution in [2.24, 2.45) is 0 Å². The molecule has 0 radical (unpaired) electrons. The number of hydrogen-bond acceptors (Lipinski definition) is 16. The molecule has 0 heterocycles. The molecule has 0 saturated carbocycles. The van der Waals surface area contributed by atoms with Crippen molar-refractivity contribution in [2.45, 2.75) is 90.9 Å². The summed E-state index contributed by atoms with van der Waals surface area (Å²) in [6.45, 7) is 32.0. The number of phenolic OH excluding ortho intramolecular Hbond substituents is 2. The number of aliphatic carboxylic acids is 1. The first-order valence-electron chi connectivity index (χ1n) is 36.3. The van der Waals surface area contributed by atoms with Crippen molar-refractivity contribution in [1.82, 2.24) is 0 Å². The molecule has 21 heteroatoms. The zero-order valence-corrected chi connectivity index (χ0v) is 64.8. The average molecular weight is 1580 g/mol. The van der Waals surface area contributed by atoms with Crippen molar-refractivity contribution in [3.8, 4) is 114 Å². The highest BCUT2D eigenvalue weighted by Gasteiger charge is 2.28. The van der Waals surface area contributed by atoms with Gasteiger partial charge >= 0.3 is 35.8 Å². The predicted molar refractivity (Wildman–Crippen MR) is 439 cm³/mol. The molecule has 0 aromatic heterocycles. The molecule has 592 valence electrons. The van der Waals surface area contributed by atoms with Gasteiger partial charge in [-0.05, 0) is 223 Å². The number of fused-ring (bicyclic) bond motifs is 3. The molecule has 3 aliphatic carbocycles. The summed E-state index contributed by atoms with van der Waals surface area (Å²) in [5.41, 5.74) is 15.1. The summed E-state index contributed by atoms with van der Waals surface area (Å²) in [6.07, 6.45) is 13.0. The van der Waals surface area contributed by atoms with E-state index < -0.39 is 52.7 Å². The number of halogens is 4. The Morgan fingerprint density at radius 3 is 1.02 bits per heavy atom. The largest absolute Gasteiger partial charge is 0.504 e. The number of esters is 5. The molecule has 0 bridgehead atoms. The van der Waals surface area contributed by atoms with E-state index >= 15 is 8.78 Å². The van der Waals surface area contributed by atoms with Gasteiger partial charge in [0.2, 0.25) is 5.24 Å². The van der Waals surface area contributed by atoms with Crippen LogP contribution < -0.4 is 18.9 Å². The molecule has 12 rings (SSSR count). The SMILES string of the molecule is C=C(C)C(=O)Cl.C=C(C)C(=O)Oc1ccc(-c2ccc(-c3ccc4c(c3)CCC4CO)c(F)c2)cc1OC(=O)C(=C)C.C=CC(=O)O.C=CC(=O)OCC1CCc2cc(-c3ccc(-c4ccc(OC(=O)C(=C)C)c(OC(=O)C(=C)C)c4)cc3F)ccc21.OCC1CCc2cc(-c3ccc(-c4ccc(O)c(O)c4)cc3F)ccc21.[2H]C#C. The molecule has 0 saturated heterocycles. The Morgan fingerprint density at radius 1 is 0.435 bits per heavy atom. The van der Waals surface area contributed by atoms with Crippen LogP contribution in [0.15, 0.2) is 250 Å². The standard InChI is InChI=1S/C33H29FO6.C30H27FO5.C22H19FO3.C4H5ClO.C3H4O2.C2H2/c1-6-31(35)38-18-25-8-7-23-15-24(10-12-26(23)25)27-13-9-21(16-28(27)34)22-11-14-29(39-32(36)19(2)3)30(17-22)40-33(37)20(4)5;1-17(2)29(33)35-27-12-9-20(15-28(27)36-30(34)18(3)4)19-7-11-25(26(31)14-19)22-8-10-24-21(13-22)5-6-23(24)16-32;23-20-10-13(14-5-8-21(25)22(26)11-14)3-7-19(20)16-4-6-18-15(9-16)1-2-17(18)12-24;1-3(2)4(5)6;1-2-3(4)5;1-2/h6,9-17,25H,1-2,4,7-8,18H2,3,5H3;7-15,23,32H,1,3,5-6,16H2,2,4H3;3-11,17,24-26H,1-2,12H2;1H2,2H3;2H,1H2,(H,4,5);1-2H/i;;;;;1D. The summed E-state index contributed by atoms with van der Waals surface area (Å²) in [6, 6.07) is 46.0. The van der Waals surface area contributed by atoms with E-state index in [2.05, 4.69) is 52.5 Å². The monoisotopic (exact) mass is 1580 g/mol. The lowest BCUT2D eigenvalue weighted by atomic mass is 9.95. The number of carboxylic acid groups (broad SMARTS) is 1. The molecule has 115 heavy (non-hydrogen) atoms. The first-order valence-corrected chi connectivity index (χ1v) is 36.2. The first kappa shape index (κ1) is 87.4. The Balaban J connectivity index is 0.000000225. The predicted octanol–water partition coefficient (Wildman–Crippen LogP) is 19.5. The fourth-order valence-electron chi connectivity index (χ4n) is 12.4. The van der Waals surface area contributed by atoms with Crippen molar-refractivity contribution in [3.63, 3.8) is 0 Å². The van der Waals surface area contributed by atoms with E-state index in [1.165, 1.54) is 94.3 Å². The van der Waals surface area contributed by atoms with Gasteiger partial charge < -0.3 is 49.2 Å². The average Bonchev–Trinajstić information content (AvgIpc) is 1.74. The van der Waals surface area contributed by atoms with Crippen molar-refractivity contribution in [2.75, 3.05) is 19.8 Å². The smallest absolute Gasteiger partial charge is 0.338 e. The maximum absolute atomic E-state index is 15.4. The third-order valence-corrected chi connectivity index (χ3v) is 18.8. The molecule has 0 fully saturated rings. The second-order valence-electron chi connectivity index (χ2n) is 27.0. The number of carbonyl (C=O) groups excluding carboxylic acids is 6. The van der Waals surface area contributed by atoms with Crippen LogP contribution in [-0.2, 0) is 57.6 Å². The number of aliphatic hydroxyl groups is 2. The van der Waals surface area contributed by atoms with E-state index in [0.717, 1.165) is 95.2 Å². The fraction of sp³-hybridized carbons (Fsp3) is 0.181. The fourth-order valence-corrected chi connectivity index (χ4v) is 12.4. The number of aryl methyl sites for hydroxylation is 3. The van der Waals surface area contributed by atoms with Crippen molar-refractivity contribution >= 4 is 52.7 Å². The lowest BCUT2D eigenvalue weighted by molar-refractivity contribution is -0.138. The van der Waals surface area contributed by atoms with Crippen LogP contribution in [0.4, 0.5) is 13.2 Å². The molecule has 9 aromatic carbocycles. The number of aromatic hydroxyl groups is 2. The molecule has 17 nitrogen and oxygen atoms in total. The summed E-state index contributed by atoms with van der Waals surface area (Å²) in [5.74, 6) is -5.23. The van der Waals surface area contributed by atoms with E-state index in [4.69, 9.17) is 41.8 Å². The van der Waals surface area contributed by atoms with Gasteiger partial charge in [-0.15, -0.1) is 12.8 Å². The highest BCUT2D eigenvalue weighted by atomic mass is 35.5. The lowest BCUT2D eigenvalue weighted by Crippen LogP contribution is -2.12. The summed E-state index contributed by atoms with van der Waals surface area (Å²) < 4.78 is 77.7. The second kappa shape index (κ2) is 41.4. The molecule has 0 spiro atoms. The number of aliphatic hydroxyl groups excluding tert-OH is 2. The third-order valence-electron chi connectivity index (χ3n) is 18.5. The molecule has 9 aromatic rings. The molecule has 0 aliphatic heterocycles. The van der Waals surface area contributed by atoms with Gasteiger partial charge in [0.15, 0.2) is 34.5 Å². The quantitative estimate of drug-likeness (QED) is 0.0112. The number of terminal acetylenes is 1. The minimum absolute atomic E-state index is 0.00321. The zero-order chi connectivity index (χ0) is 85.4. The van der Waals surface area contributed by atoms with Crippen LogP contribution in [0.25, 0.3) is 66.8 Å². The Morgan fingerprint density at radius 2 is 0.722 bits per heavy atom. The summed E-state index contributed by atoms with van der Waals surface area (Å²) in [7, 11) is 0. The number of hydrogen-bond donors (Lipinski definition) is 5. The topological polar surface area (TPSA) is 267 Å². The molecular weight excluding hydrogens is 1490 g/mol. The minimum atomic E-state index is -0.981. The van der Waals surface area contributed by atoms with Gasteiger partial charge in [-0.25, -0.2) is 41.9 Å². The van der Waals surface area contributed by atoms with Gasteiger partial charge in [-0.1, -0.05) is 155 Å². The zero-order valence-electron chi connectivity index (χ0n) is 65.0. The normalized spacial score (nSPS) is 13.5. The molecule has 5 N–H and O–H groups in total. The number of carboxylic acids is 1. The van der Waals surface area contributed by atoms with Crippen LogP contribution in [0, 0.1) is 30.3 Å². The second-order valence-corrected chi connectivity index (χ2v) is 27.4. The molecule has 3 aliphatic rings. The number of allylic oxidation sites excluding steroid dienone is 1. The van der Waals surface area contributed by atoms with E-state index in [9.17, 15) is 58.4 Å². The molecular formula is C94H86ClF3O17. The van der Waals surface area contributed by atoms with Gasteiger partial charge in [0.25, 0.3) is 0 Å². The highest BCUT2D eigenvalue weighted by molar-refractivity contribution is 6.67. The van der Waals surface area contributed by atoms with Gasteiger partial charge in [0, 0.05) is 87.7 Å². The van der Waals surface area contributed by atoms with Crippen molar-refractivity contribution < 1.29 is 97.3 Å². The highest BCUT2D eigenvalue weighted by Crippen LogP contribution is 2.43. The Hall–Kier alpha value is -13.2. The third kappa shape index (κ3) is 23.7. The summed E-state index contributed by atoms with van der Waals surface area (Å²) in [5, 5.41) is 45.2. The molecule has 3 unspecified atom stereocenters. The Bertz CT molecular complexity index is 5390. The maximum Gasteiger partial charge on any atom is 0.338 e. The van der Waals surface area contributed by atoms with Crippen LogP contribution in [0.3, 0.4) is 0 Å². The summed E-state index contributed by atoms with van der Waals surface area (Å²) >= 11 is 4.87. The van der Waals surface area contributed by atoms with Crippen molar-refractivity contribution in [3.05, 3.63) is 301 Å². The first-order chi connectivity index (χ1) is 55.1. The van der Waals surface area contributed by atoms with Gasteiger partial charge in [0.1, 0.15) is 18.8 Å². The van der Waals surface area contributed by atoms with Crippen LogP contribution >= 0.6 is 11.6 Å².